The molecule has 0 spiro atoms. The van der Waals surface area contributed by atoms with Crippen molar-refractivity contribution in [1.82, 2.24) is 15.2 Å². The third-order valence-electron chi connectivity index (χ3n) is 4.79. The van der Waals surface area contributed by atoms with Gasteiger partial charge in [-0.05, 0) is 18.1 Å². The molecule has 0 bridgehead atoms. The largest absolute Gasteiger partial charge is 0.467 e. The van der Waals surface area contributed by atoms with Gasteiger partial charge in [0.05, 0.1) is 13.7 Å². The SMILES string of the molecule is CCCCCNC(=O)N1Cc2[nH]c3ccccc3c2C[C@@H]1C(=O)OC. The van der Waals surface area contributed by atoms with E-state index in [1.165, 1.54) is 7.11 Å². The molecule has 134 valence electrons. The molecule has 2 amide bonds. The average molecular weight is 343 g/mol. The molecule has 1 aliphatic rings. The number of hydrogen-bond acceptors (Lipinski definition) is 3. The van der Waals surface area contributed by atoms with Gasteiger partial charge in [-0.3, -0.25) is 0 Å². The zero-order valence-corrected chi connectivity index (χ0v) is 14.8. The number of methoxy groups -OCH3 is 1. The maximum absolute atomic E-state index is 12.6. The number of nitrogens with zero attached hydrogens (tertiary/aromatic N) is 1. The Balaban J connectivity index is 1.83. The number of amides is 2. The second-order valence-corrected chi connectivity index (χ2v) is 6.44. The highest BCUT2D eigenvalue weighted by atomic mass is 16.5. The summed E-state index contributed by atoms with van der Waals surface area (Å²) in [5, 5.41) is 4.03. The van der Waals surface area contributed by atoms with Crippen LogP contribution in [-0.4, -0.2) is 41.6 Å². The first-order valence-corrected chi connectivity index (χ1v) is 8.86. The Labute approximate surface area is 147 Å². The van der Waals surface area contributed by atoms with Crippen molar-refractivity contribution >= 4 is 22.9 Å². The number of carbonyl (C=O) groups is 2. The van der Waals surface area contributed by atoms with E-state index >= 15 is 0 Å². The number of esters is 1. The summed E-state index contributed by atoms with van der Waals surface area (Å²) in [6.45, 7) is 3.12. The summed E-state index contributed by atoms with van der Waals surface area (Å²) in [4.78, 5) is 29.8. The number of urea groups is 1. The number of unbranched alkanes of at least 4 members (excludes halogenated alkanes) is 2. The number of carbonyl (C=O) groups excluding carboxylic acids is 2. The number of rotatable bonds is 5. The molecular formula is C19H25N3O3. The summed E-state index contributed by atoms with van der Waals surface area (Å²) in [7, 11) is 1.37. The summed E-state index contributed by atoms with van der Waals surface area (Å²) in [5.74, 6) is -0.375. The molecular weight excluding hydrogens is 318 g/mol. The molecule has 2 aromatic rings. The van der Waals surface area contributed by atoms with E-state index in [1.54, 1.807) is 4.90 Å². The van der Waals surface area contributed by atoms with Crippen molar-refractivity contribution in [1.29, 1.82) is 0 Å². The van der Waals surface area contributed by atoms with Crippen molar-refractivity contribution in [3.63, 3.8) is 0 Å². The molecule has 6 nitrogen and oxygen atoms in total. The van der Waals surface area contributed by atoms with Crippen LogP contribution >= 0.6 is 0 Å². The first-order chi connectivity index (χ1) is 12.2. The zero-order valence-electron chi connectivity index (χ0n) is 14.8. The number of para-hydroxylation sites is 1. The fourth-order valence-corrected chi connectivity index (χ4v) is 3.44. The standard InChI is InChI=1S/C19H25N3O3/c1-3-4-7-10-20-19(24)22-12-16-14(11-17(22)18(23)25-2)13-8-5-6-9-15(13)21-16/h5-6,8-9,17,21H,3-4,7,10-12H2,1-2H3,(H,20,24)/t17-/m1/s1. The van der Waals surface area contributed by atoms with Crippen molar-refractivity contribution < 1.29 is 14.3 Å². The van der Waals surface area contributed by atoms with Crippen molar-refractivity contribution in [3.05, 3.63) is 35.5 Å². The Morgan fingerprint density at radius 3 is 2.88 bits per heavy atom. The third kappa shape index (κ3) is 3.48. The number of H-pyrrole nitrogens is 1. The van der Waals surface area contributed by atoms with Gasteiger partial charge in [0, 0.05) is 29.6 Å². The van der Waals surface area contributed by atoms with E-state index in [2.05, 4.69) is 17.2 Å². The Kier molecular flexibility index (Phi) is 5.26. The summed E-state index contributed by atoms with van der Waals surface area (Å²) in [6.07, 6.45) is 3.58. The molecule has 0 saturated heterocycles. The van der Waals surface area contributed by atoms with Crippen LogP contribution in [0.15, 0.2) is 24.3 Å². The summed E-state index contributed by atoms with van der Waals surface area (Å²) in [6, 6.07) is 7.20. The van der Waals surface area contributed by atoms with Gasteiger partial charge in [0.25, 0.3) is 0 Å². The van der Waals surface area contributed by atoms with Crippen LogP contribution in [0.2, 0.25) is 0 Å². The van der Waals surface area contributed by atoms with Crippen LogP contribution in [0.25, 0.3) is 10.9 Å². The minimum absolute atomic E-state index is 0.212. The first-order valence-electron chi connectivity index (χ1n) is 8.86. The van der Waals surface area contributed by atoms with E-state index in [-0.39, 0.29) is 12.0 Å². The molecule has 6 heteroatoms. The van der Waals surface area contributed by atoms with Crippen molar-refractivity contribution in [3.8, 4) is 0 Å². The van der Waals surface area contributed by atoms with Gasteiger partial charge >= 0.3 is 12.0 Å². The molecule has 1 aromatic heterocycles. The van der Waals surface area contributed by atoms with Gasteiger partial charge in [0.2, 0.25) is 0 Å². The average Bonchev–Trinajstić information content (AvgIpc) is 3.01. The number of aromatic nitrogens is 1. The molecule has 0 saturated carbocycles. The molecule has 25 heavy (non-hydrogen) atoms. The number of benzene rings is 1. The predicted molar refractivity (Wildman–Crippen MR) is 96.3 cm³/mol. The highest BCUT2D eigenvalue weighted by molar-refractivity contribution is 5.89. The smallest absolute Gasteiger partial charge is 0.329 e. The highest BCUT2D eigenvalue weighted by Gasteiger charge is 2.36. The van der Waals surface area contributed by atoms with Crippen LogP contribution in [-0.2, 0) is 22.5 Å². The summed E-state index contributed by atoms with van der Waals surface area (Å²) < 4.78 is 4.95. The van der Waals surface area contributed by atoms with Gasteiger partial charge in [-0.2, -0.15) is 0 Å². The number of aromatic amines is 1. The van der Waals surface area contributed by atoms with E-state index in [4.69, 9.17) is 4.74 Å². The minimum Gasteiger partial charge on any atom is -0.467 e. The molecule has 0 aliphatic carbocycles. The maximum atomic E-state index is 12.6. The van der Waals surface area contributed by atoms with E-state index in [0.717, 1.165) is 41.4 Å². The molecule has 0 fully saturated rings. The predicted octanol–water partition coefficient (Wildman–Crippen LogP) is 2.97. The van der Waals surface area contributed by atoms with Crippen LogP contribution in [0.1, 0.15) is 37.4 Å². The molecule has 3 rings (SSSR count). The quantitative estimate of drug-likeness (QED) is 0.647. The Morgan fingerprint density at radius 2 is 2.12 bits per heavy atom. The molecule has 2 heterocycles. The third-order valence-corrected chi connectivity index (χ3v) is 4.79. The Hall–Kier alpha value is -2.50. The molecule has 1 aliphatic heterocycles. The van der Waals surface area contributed by atoms with Crippen molar-refractivity contribution in [2.75, 3.05) is 13.7 Å². The fourth-order valence-electron chi connectivity index (χ4n) is 3.44. The van der Waals surface area contributed by atoms with E-state index < -0.39 is 6.04 Å². The lowest BCUT2D eigenvalue weighted by molar-refractivity contribution is -0.146. The van der Waals surface area contributed by atoms with Gasteiger partial charge in [-0.25, -0.2) is 9.59 Å². The van der Waals surface area contributed by atoms with Gasteiger partial charge in [-0.15, -0.1) is 0 Å². The zero-order chi connectivity index (χ0) is 17.8. The van der Waals surface area contributed by atoms with Crippen LogP contribution in [0.5, 0.6) is 0 Å². The lowest BCUT2D eigenvalue weighted by atomic mass is 9.97. The first kappa shape index (κ1) is 17.3. The van der Waals surface area contributed by atoms with Gasteiger partial charge in [-0.1, -0.05) is 38.0 Å². The second-order valence-electron chi connectivity index (χ2n) is 6.44. The highest BCUT2D eigenvalue weighted by Crippen LogP contribution is 2.30. The van der Waals surface area contributed by atoms with Crippen LogP contribution in [0.3, 0.4) is 0 Å². The topological polar surface area (TPSA) is 74.4 Å². The molecule has 0 unspecified atom stereocenters. The van der Waals surface area contributed by atoms with E-state index in [1.807, 2.05) is 24.3 Å². The summed E-state index contributed by atoms with van der Waals surface area (Å²) >= 11 is 0. The maximum Gasteiger partial charge on any atom is 0.329 e. The number of fused-ring (bicyclic) bond motifs is 3. The minimum atomic E-state index is -0.595. The lowest BCUT2D eigenvalue weighted by Gasteiger charge is -2.33. The van der Waals surface area contributed by atoms with Crippen molar-refractivity contribution in [2.24, 2.45) is 0 Å². The van der Waals surface area contributed by atoms with E-state index in [9.17, 15) is 9.59 Å². The lowest BCUT2D eigenvalue weighted by Crippen LogP contribution is -2.52. The second kappa shape index (κ2) is 7.59. The monoisotopic (exact) mass is 343 g/mol. The van der Waals surface area contributed by atoms with Crippen LogP contribution < -0.4 is 5.32 Å². The number of hydrogen-bond donors (Lipinski definition) is 2. The molecule has 1 aromatic carbocycles. The van der Waals surface area contributed by atoms with Gasteiger partial charge in [0.1, 0.15) is 6.04 Å². The Bertz CT molecular complexity index is 768. The van der Waals surface area contributed by atoms with Crippen LogP contribution in [0.4, 0.5) is 4.79 Å². The van der Waals surface area contributed by atoms with Gasteiger partial charge < -0.3 is 19.9 Å². The molecule has 1 atom stereocenters. The Morgan fingerprint density at radius 1 is 1.32 bits per heavy atom. The van der Waals surface area contributed by atoms with Gasteiger partial charge in [0.15, 0.2) is 0 Å². The van der Waals surface area contributed by atoms with E-state index in [0.29, 0.717) is 19.5 Å². The number of nitrogens with one attached hydrogen (secondary N) is 2. The summed E-state index contributed by atoms with van der Waals surface area (Å²) in [5.41, 5.74) is 3.12. The van der Waals surface area contributed by atoms with Crippen molar-refractivity contribution in [2.45, 2.75) is 45.2 Å². The normalized spacial score (nSPS) is 16.6. The van der Waals surface area contributed by atoms with Crippen LogP contribution in [0, 0.1) is 0 Å². The molecule has 2 N–H and O–H groups in total. The molecule has 0 radical (unpaired) electrons. The number of ether oxygens (including phenoxy) is 1. The fraction of sp³-hybridized carbons (Fsp3) is 0.474.